The summed E-state index contributed by atoms with van der Waals surface area (Å²) in [6.45, 7) is 0.724. The number of hydrogen-bond donors (Lipinski definition) is 3. The van der Waals surface area contributed by atoms with Crippen LogP contribution in [0.2, 0.25) is 0 Å². The maximum atomic E-state index is 12.0. The monoisotopic (exact) mass is 336 g/mol. The number of hydrogen-bond acceptors (Lipinski definition) is 6. The van der Waals surface area contributed by atoms with Gasteiger partial charge in [-0.25, -0.2) is 9.78 Å². The Labute approximate surface area is 136 Å². The van der Waals surface area contributed by atoms with E-state index in [0.717, 1.165) is 18.2 Å². The number of ether oxygens (including phenoxy) is 1. The summed E-state index contributed by atoms with van der Waals surface area (Å²) < 4.78 is 5.08. The maximum Gasteiger partial charge on any atom is 0.337 e. The lowest BCUT2D eigenvalue weighted by molar-refractivity contribution is -0.155. The summed E-state index contributed by atoms with van der Waals surface area (Å²) in [5, 5.41) is 21.4. The Morgan fingerprint density at radius 1 is 1.35 bits per heavy atom. The summed E-state index contributed by atoms with van der Waals surface area (Å²) >= 11 is 1.17. The van der Waals surface area contributed by atoms with Crippen LogP contribution in [0.3, 0.4) is 0 Å². The minimum Gasteiger partial charge on any atom is -0.497 e. The summed E-state index contributed by atoms with van der Waals surface area (Å²) in [5.41, 5.74) is -1.17. The minimum absolute atomic E-state index is 0.331. The molecular formula is C15H16N2O5S. The molecule has 0 spiro atoms. The van der Waals surface area contributed by atoms with E-state index in [1.807, 2.05) is 12.1 Å². The molecule has 1 heterocycles. The van der Waals surface area contributed by atoms with Crippen LogP contribution < -0.4 is 10.1 Å². The Morgan fingerprint density at radius 3 is 2.57 bits per heavy atom. The highest BCUT2D eigenvalue weighted by Crippen LogP contribution is 2.26. The standard InChI is InChI=1S/C15H16N2O5S/c1-15(21,14(19)20)8-17-12(18)11-7-16-13(23-11)9-3-5-10(22-2)6-4-9/h3-7,21H,8H2,1-2H3,(H,17,18)(H,19,20). The van der Waals surface area contributed by atoms with Crippen molar-refractivity contribution in [2.75, 3.05) is 13.7 Å². The molecule has 1 amide bonds. The molecule has 0 radical (unpaired) electrons. The van der Waals surface area contributed by atoms with E-state index < -0.39 is 24.0 Å². The molecule has 23 heavy (non-hydrogen) atoms. The van der Waals surface area contributed by atoms with Crippen LogP contribution in [0.15, 0.2) is 30.5 Å². The minimum atomic E-state index is -2.01. The number of carboxylic acid groups (broad SMARTS) is 1. The number of thiazole rings is 1. The average molecular weight is 336 g/mol. The summed E-state index contributed by atoms with van der Waals surface area (Å²) in [5.74, 6) is -1.16. The van der Waals surface area contributed by atoms with Crippen molar-refractivity contribution in [1.82, 2.24) is 10.3 Å². The van der Waals surface area contributed by atoms with E-state index in [-0.39, 0.29) is 0 Å². The van der Waals surface area contributed by atoms with Crippen molar-refractivity contribution in [3.63, 3.8) is 0 Å². The van der Waals surface area contributed by atoms with Crippen LogP contribution in [0, 0.1) is 0 Å². The van der Waals surface area contributed by atoms with Gasteiger partial charge >= 0.3 is 5.97 Å². The molecule has 0 aliphatic carbocycles. The molecule has 1 aromatic carbocycles. The number of carbonyl (C=O) groups excluding carboxylic acids is 1. The van der Waals surface area contributed by atoms with Crippen molar-refractivity contribution in [1.29, 1.82) is 0 Å². The van der Waals surface area contributed by atoms with Crippen LogP contribution in [-0.2, 0) is 4.79 Å². The molecule has 0 aliphatic rings. The van der Waals surface area contributed by atoms with Gasteiger partial charge in [0.1, 0.15) is 15.6 Å². The number of carboxylic acids is 1. The van der Waals surface area contributed by atoms with E-state index in [2.05, 4.69) is 10.3 Å². The summed E-state index contributed by atoms with van der Waals surface area (Å²) in [4.78, 5) is 27.3. The van der Waals surface area contributed by atoms with Crippen molar-refractivity contribution in [3.8, 4) is 16.3 Å². The third-order valence-electron chi connectivity index (χ3n) is 3.12. The molecule has 8 heteroatoms. The van der Waals surface area contributed by atoms with E-state index in [0.29, 0.717) is 9.88 Å². The van der Waals surface area contributed by atoms with Crippen molar-refractivity contribution < 1.29 is 24.5 Å². The molecule has 2 aromatic rings. The van der Waals surface area contributed by atoms with Gasteiger partial charge in [-0.05, 0) is 31.2 Å². The van der Waals surface area contributed by atoms with Gasteiger partial charge in [-0.3, -0.25) is 4.79 Å². The molecule has 0 fully saturated rings. The van der Waals surface area contributed by atoms with Crippen LogP contribution in [0.5, 0.6) is 5.75 Å². The van der Waals surface area contributed by atoms with Crippen molar-refractivity contribution >= 4 is 23.2 Å². The van der Waals surface area contributed by atoms with Crippen LogP contribution in [-0.4, -0.2) is 46.3 Å². The fourth-order valence-electron chi connectivity index (χ4n) is 1.66. The predicted molar refractivity (Wildman–Crippen MR) is 84.7 cm³/mol. The van der Waals surface area contributed by atoms with Gasteiger partial charge in [-0.15, -0.1) is 11.3 Å². The Morgan fingerprint density at radius 2 is 2.00 bits per heavy atom. The zero-order valence-corrected chi connectivity index (χ0v) is 13.4. The second kappa shape index (κ2) is 6.76. The van der Waals surface area contributed by atoms with E-state index in [4.69, 9.17) is 9.84 Å². The summed E-state index contributed by atoms with van der Waals surface area (Å²) in [6, 6.07) is 7.24. The van der Waals surface area contributed by atoms with Gasteiger partial charge in [0.05, 0.1) is 19.9 Å². The topological polar surface area (TPSA) is 109 Å². The molecular weight excluding hydrogens is 320 g/mol. The number of nitrogens with one attached hydrogen (secondary N) is 1. The lowest BCUT2D eigenvalue weighted by Gasteiger charge is -2.17. The number of aromatic nitrogens is 1. The molecule has 7 nitrogen and oxygen atoms in total. The van der Waals surface area contributed by atoms with Crippen molar-refractivity contribution in [2.24, 2.45) is 0 Å². The number of nitrogens with zero attached hydrogens (tertiary/aromatic N) is 1. The molecule has 0 aliphatic heterocycles. The Kier molecular flexibility index (Phi) is 4.97. The van der Waals surface area contributed by atoms with E-state index in [9.17, 15) is 14.7 Å². The molecule has 1 aromatic heterocycles. The van der Waals surface area contributed by atoms with Crippen molar-refractivity contribution in [2.45, 2.75) is 12.5 Å². The highest BCUT2D eigenvalue weighted by Gasteiger charge is 2.30. The normalized spacial score (nSPS) is 13.2. The molecule has 3 N–H and O–H groups in total. The number of aliphatic hydroxyl groups is 1. The molecule has 122 valence electrons. The Hall–Kier alpha value is -2.45. The molecule has 0 bridgehead atoms. The second-order valence-corrected chi connectivity index (χ2v) is 6.05. The van der Waals surface area contributed by atoms with E-state index >= 15 is 0 Å². The third kappa shape index (κ3) is 4.05. The molecule has 0 saturated heterocycles. The Balaban J connectivity index is 2.06. The second-order valence-electron chi connectivity index (χ2n) is 5.02. The summed E-state index contributed by atoms with van der Waals surface area (Å²) in [7, 11) is 1.58. The number of amides is 1. The van der Waals surface area contributed by atoms with Crippen LogP contribution in [0.1, 0.15) is 16.6 Å². The SMILES string of the molecule is COc1ccc(-c2ncc(C(=O)NCC(C)(O)C(=O)O)s2)cc1. The first-order valence-electron chi connectivity index (χ1n) is 6.68. The largest absolute Gasteiger partial charge is 0.497 e. The van der Waals surface area contributed by atoms with Crippen LogP contribution in [0.25, 0.3) is 10.6 Å². The lowest BCUT2D eigenvalue weighted by atomic mass is 10.1. The smallest absolute Gasteiger partial charge is 0.337 e. The van der Waals surface area contributed by atoms with Crippen LogP contribution >= 0.6 is 11.3 Å². The fraction of sp³-hybridized carbons (Fsp3) is 0.267. The predicted octanol–water partition coefficient (Wildman–Crippen LogP) is 1.38. The van der Waals surface area contributed by atoms with E-state index in [1.54, 1.807) is 19.2 Å². The van der Waals surface area contributed by atoms with Gasteiger partial charge in [-0.2, -0.15) is 0 Å². The lowest BCUT2D eigenvalue weighted by Crippen LogP contribution is -2.46. The van der Waals surface area contributed by atoms with Gasteiger partial charge in [-0.1, -0.05) is 0 Å². The average Bonchev–Trinajstić information content (AvgIpc) is 3.02. The number of benzene rings is 1. The number of rotatable bonds is 6. The highest BCUT2D eigenvalue weighted by atomic mass is 32.1. The third-order valence-corrected chi connectivity index (χ3v) is 4.17. The van der Waals surface area contributed by atoms with Crippen LogP contribution in [0.4, 0.5) is 0 Å². The van der Waals surface area contributed by atoms with Gasteiger partial charge in [0.25, 0.3) is 5.91 Å². The van der Waals surface area contributed by atoms with Crippen molar-refractivity contribution in [3.05, 3.63) is 35.3 Å². The first kappa shape index (κ1) is 16.9. The number of methoxy groups -OCH3 is 1. The van der Waals surface area contributed by atoms with Gasteiger partial charge in [0, 0.05) is 5.56 Å². The zero-order chi connectivity index (χ0) is 17.0. The number of carbonyl (C=O) groups is 2. The summed E-state index contributed by atoms with van der Waals surface area (Å²) in [6.07, 6.45) is 1.41. The fourth-order valence-corrected chi connectivity index (χ4v) is 2.50. The zero-order valence-electron chi connectivity index (χ0n) is 12.6. The Bertz CT molecular complexity index is 709. The number of aliphatic carboxylic acids is 1. The van der Waals surface area contributed by atoms with Gasteiger partial charge in [0.2, 0.25) is 0 Å². The molecule has 2 rings (SSSR count). The molecule has 1 unspecified atom stereocenters. The van der Waals surface area contributed by atoms with Gasteiger partial charge < -0.3 is 20.3 Å². The molecule has 0 saturated carbocycles. The first-order valence-corrected chi connectivity index (χ1v) is 7.49. The highest BCUT2D eigenvalue weighted by molar-refractivity contribution is 7.16. The van der Waals surface area contributed by atoms with E-state index in [1.165, 1.54) is 17.5 Å². The molecule has 1 atom stereocenters. The first-order chi connectivity index (χ1) is 10.8. The quantitative estimate of drug-likeness (QED) is 0.735. The van der Waals surface area contributed by atoms with Gasteiger partial charge in [0.15, 0.2) is 5.60 Å². The maximum absolute atomic E-state index is 12.0.